The minimum atomic E-state index is -3.21. The highest BCUT2D eigenvalue weighted by Gasteiger charge is 2.45. The largest absolute Gasteiger partial charge is 0.456 e. The number of hydrogen-bond donors (Lipinski definition) is 1. The molecule has 1 unspecified atom stereocenters. The van der Waals surface area contributed by atoms with Crippen LogP contribution in [0.5, 0.6) is 0 Å². The highest BCUT2D eigenvalue weighted by Crippen LogP contribution is 2.38. The van der Waals surface area contributed by atoms with Gasteiger partial charge < -0.3 is 9.73 Å². The van der Waals surface area contributed by atoms with Gasteiger partial charge in [0.15, 0.2) is 11.2 Å². The van der Waals surface area contributed by atoms with Gasteiger partial charge in [0, 0.05) is 31.3 Å². The normalized spacial score (nSPS) is 26.6. The molecule has 25 heavy (non-hydrogen) atoms. The van der Waals surface area contributed by atoms with Crippen LogP contribution in [0.3, 0.4) is 0 Å². The fourth-order valence-corrected chi connectivity index (χ4v) is 5.58. The van der Waals surface area contributed by atoms with Crippen molar-refractivity contribution in [2.75, 3.05) is 18.8 Å². The third-order valence-electron chi connectivity index (χ3n) is 5.07. The maximum Gasteiger partial charge on any atom is 0.287 e. The molecule has 1 aromatic rings. The molecule has 3 rings (SSSR count). The number of amides is 1. The summed E-state index contributed by atoms with van der Waals surface area (Å²) in [4.78, 5) is 24.0. The van der Waals surface area contributed by atoms with E-state index in [1.807, 2.05) is 6.92 Å². The number of piperidine rings is 1. The highest BCUT2D eigenvalue weighted by molar-refractivity contribution is 7.89. The van der Waals surface area contributed by atoms with Crippen LogP contribution in [-0.4, -0.2) is 43.5 Å². The summed E-state index contributed by atoms with van der Waals surface area (Å²) < 4.78 is 31.6. The van der Waals surface area contributed by atoms with Crippen LogP contribution >= 0.6 is 0 Å². The molecule has 1 aliphatic heterocycles. The van der Waals surface area contributed by atoms with Crippen LogP contribution in [0.4, 0.5) is 0 Å². The Kier molecular flexibility index (Phi) is 5.02. The van der Waals surface area contributed by atoms with Crippen molar-refractivity contribution >= 4 is 15.9 Å². The Morgan fingerprint density at radius 3 is 2.48 bits per heavy atom. The van der Waals surface area contributed by atoms with Crippen molar-refractivity contribution in [3.8, 4) is 0 Å². The molecule has 1 aromatic heterocycles. The monoisotopic (exact) mass is 368 g/mol. The summed E-state index contributed by atoms with van der Waals surface area (Å²) in [5.41, 5.74) is -0.266. The van der Waals surface area contributed by atoms with E-state index in [2.05, 4.69) is 5.32 Å². The van der Waals surface area contributed by atoms with Crippen molar-refractivity contribution in [2.24, 2.45) is 11.8 Å². The second-order valence-corrected chi connectivity index (χ2v) is 9.09. The molecule has 0 spiro atoms. The Bertz CT molecular complexity index is 803. The highest BCUT2D eigenvalue weighted by atomic mass is 32.2. The average Bonchev–Trinajstić information content (AvgIpc) is 2.75. The lowest BCUT2D eigenvalue weighted by Crippen LogP contribution is -2.54. The molecule has 2 bridgehead atoms. The Balaban J connectivity index is 1.71. The van der Waals surface area contributed by atoms with Crippen LogP contribution in [0, 0.1) is 18.8 Å². The molecule has 3 atom stereocenters. The van der Waals surface area contributed by atoms with Gasteiger partial charge in [-0.05, 0) is 38.0 Å². The van der Waals surface area contributed by atoms with Gasteiger partial charge in [-0.1, -0.05) is 6.92 Å². The topological polar surface area (TPSA) is 96.7 Å². The molecule has 2 aliphatic rings. The second-order valence-electron chi connectivity index (χ2n) is 7.00. The number of rotatable bonds is 5. The van der Waals surface area contributed by atoms with Gasteiger partial charge in [-0.2, -0.15) is 0 Å². The van der Waals surface area contributed by atoms with Gasteiger partial charge in [-0.25, -0.2) is 12.7 Å². The Hall–Kier alpha value is -1.67. The van der Waals surface area contributed by atoms with Crippen molar-refractivity contribution in [3.05, 3.63) is 33.9 Å². The predicted molar refractivity (Wildman–Crippen MR) is 92.8 cm³/mol. The predicted octanol–water partition coefficient (Wildman–Crippen LogP) is 1.13. The van der Waals surface area contributed by atoms with E-state index >= 15 is 0 Å². The number of carbonyl (C=O) groups is 1. The maximum absolute atomic E-state index is 12.4. The van der Waals surface area contributed by atoms with E-state index in [0.29, 0.717) is 25.3 Å². The molecular weight excluding hydrogens is 344 g/mol. The van der Waals surface area contributed by atoms with Crippen molar-refractivity contribution in [1.29, 1.82) is 0 Å². The first-order valence-electron chi connectivity index (χ1n) is 8.70. The molecular formula is C17H24N2O5S. The van der Waals surface area contributed by atoms with Crippen LogP contribution in [-0.2, 0) is 10.0 Å². The number of aryl methyl sites for hydroxylation is 1. The van der Waals surface area contributed by atoms with Gasteiger partial charge in [0.25, 0.3) is 5.91 Å². The molecule has 0 radical (unpaired) electrons. The number of sulfonamides is 1. The summed E-state index contributed by atoms with van der Waals surface area (Å²) in [5, 5.41) is 2.96. The summed E-state index contributed by atoms with van der Waals surface area (Å²) in [6.45, 7) is 4.37. The summed E-state index contributed by atoms with van der Waals surface area (Å²) in [5.74, 6) is 0.355. The molecule has 2 heterocycles. The number of hydrogen-bond acceptors (Lipinski definition) is 5. The molecule has 1 amide bonds. The van der Waals surface area contributed by atoms with E-state index in [4.69, 9.17) is 4.42 Å². The molecule has 138 valence electrons. The van der Waals surface area contributed by atoms with Gasteiger partial charge >= 0.3 is 0 Å². The van der Waals surface area contributed by atoms with Crippen LogP contribution in [0.1, 0.15) is 42.5 Å². The first kappa shape index (κ1) is 18.1. The molecule has 2 fully saturated rings. The zero-order valence-electron chi connectivity index (χ0n) is 14.5. The first-order chi connectivity index (χ1) is 11.8. The minimum Gasteiger partial charge on any atom is -0.456 e. The zero-order valence-corrected chi connectivity index (χ0v) is 15.3. The molecule has 7 nitrogen and oxygen atoms in total. The molecule has 1 aliphatic carbocycles. The van der Waals surface area contributed by atoms with Gasteiger partial charge in [-0.15, -0.1) is 0 Å². The average molecular weight is 368 g/mol. The molecule has 1 saturated heterocycles. The first-order valence-corrected chi connectivity index (χ1v) is 10.3. The fourth-order valence-electron chi connectivity index (χ4n) is 3.97. The number of carbonyl (C=O) groups excluding carboxylic acids is 1. The summed E-state index contributed by atoms with van der Waals surface area (Å²) >= 11 is 0. The Labute approximate surface area is 147 Å². The smallest absolute Gasteiger partial charge is 0.287 e. The lowest BCUT2D eigenvalue weighted by molar-refractivity contribution is 0.0855. The third-order valence-corrected chi connectivity index (χ3v) is 7.08. The van der Waals surface area contributed by atoms with Crippen molar-refractivity contribution in [3.63, 3.8) is 0 Å². The number of nitrogens with zero attached hydrogens (tertiary/aromatic N) is 1. The van der Waals surface area contributed by atoms with Crippen LogP contribution < -0.4 is 10.7 Å². The summed E-state index contributed by atoms with van der Waals surface area (Å²) in [6, 6.07) is 2.44. The van der Waals surface area contributed by atoms with Gasteiger partial charge in [0.05, 0.1) is 5.75 Å². The fraction of sp³-hybridized carbons (Fsp3) is 0.647. The van der Waals surface area contributed by atoms with E-state index in [1.165, 1.54) is 12.1 Å². The van der Waals surface area contributed by atoms with Crippen LogP contribution in [0.15, 0.2) is 21.3 Å². The quantitative estimate of drug-likeness (QED) is 0.840. The van der Waals surface area contributed by atoms with E-state index in [-0.39, 0.29) is 34.8 Å². The van der Waals surface area contributed by atoms with Gasteiger partial charge in [-0.3, -0.25) is 9.59 Å². The minimum absolute atomic E-state index is 0.00503. The summed E-state index contributed by atoms with van der Waals surface area (Å²) in [6.07, 6.45) is 2.39. The molecule has 1 N–H and O–H groups in total. The molecule has 8 heteroatoms. The Morgan fingerprint density at radius 1 is 1.28 bits per heavy atom. The van der Waals surface area contributed by atoms with Crippen molar-refractivity contribution in [2.45, 2.75) is 39.2 Å². The van der Waals surface area contributed by atoms with Gasteiger partial charge in [0.1, 0.15) is 5.76 Å². The summed E-state index contributed by atoms with van der Waals surface area (Å²) in [7, 11) is -3.21. The lowest BCUT2D eigenvalue weighted by atomic mass is 9.93. The second kappa shape index (κ2) is 6.92. The third kappa shape index (κ3) is 3.79. The molecule has 0 aromatic carbocycles. The van der Waals surface area contributed by atoms with E-state index in [9.17, 15) is 18.0 Å². The van der Waals surface area contributed by atoms with Crippen LogP contribution in [0.2, 0.25) is 0 Å². The number of nitrogens with one attached hydrogen (secondary N) is 1. The molecule has 1 saturated carbocycles. The van der Waals surface area contributed by atoms with Crippen molar-refractivity contribution < 1.29 is 17.6 Å². The zero-order chi connectivity index (χ0) is 18.2. The van der Waals surface area contributed by atoms with Crippen molar-refractivity contribution in [1.82, 2.24) is 9.62 Å². The Morgan fingerprint density at radius 2 is 1.92 bits per heavy atom. The standard InChI is InChI=1S/C17H24N2O5S/c1-3-6-25(22,23)19-9-12-4-5-13(10-19)16(12)18-17(21)15-8-14(20)7-11(2)24-15/h7-8,12-13,16H,3-6,9-10H2,1-2H3,(H,18,21)/t12-,13+,16?. The number of fused-ring (bicyclic) bond motifs is 2. The van der Waals surface area contributed by atoms with E-state index in [0.717, 1.165) is 12.8 Å². The lowest BCUT2D eigenvalue weighted by Gasteiger charge is -2.37. The van der Waals surface area contributed by atoms with E-state index < -0.39 is 15.9 Å². The van der Waals surface area contributed by atoms with Gasteiger partial charge in [0.2, 0.25) is 10.0 Å². The van der Waals surface area contributed by atoms with Crippen LogP contribution in [0.25, 0.3) is 0 Å². The van der Waals surface area contributed by atoms with E-state index in [1.54, 1.807) is 11.2 Å². The SMILES string of the molecule is CCCS(=O)(=O)N1C[C@H]2CC[C@@H](C1)C2NC(=O)c1cc(=O)cc(C)o1. The maximum atomic E-state index is 12.4.